The summed E-state index contributed by atoms with van der Waals surface area (Å²) in [6.07, 6.45) is -4.24. The summed E-state index contributed by atoms with van der Waals surface area (Å²) in [6.45, 7) is 1.70. The van der Waals surface area contributed by atoms with E-state index in [-0.39, 0.29) is 23.2 Å². The van der Waals surface area contributed by atoms with Crippen molar-refractivity contribution in [3.8, 4) is 0 Å². The average Bonchev–Trinajstić information content (AvgIpc) is 2.27. The third kappa shape index (κ3) is 4.98. The number of nitrogens with one attached hydrogen (secondary N) is 1. The fraction of sp³-hybridized carbons (Fsp3) is 0.417. The number of benzene rings is 1. The number of halogens is 4. The van der Waals surface area contributed by atoms with Gasteiger partial charge >= 0.3 is 12.1 Å². The number of hydrogen-bond acceptors (Lipinski definition) is 2. The molecule has 0 bridgehead atoms. The minimum Gasteiger partial charge on any atom is -0.481 e. The molecule has 1 aromatic rings. The maximum atomic E-state index is 12.6. The Morgan fingerprint density at radius 1 is 1.47 bits per heavy atom. The highest BCUT2D eigenvalue weighted by Gasteiger charge is 2.33. The van der Waals surface area contributed by atoms with Gasteiger partial charge in [-0.2, -0.15) is 13.2 Å². The van der Waals surface area contributed by atoms with Crippen LogP contribution in [0.25, 0.3) is 0 Å². The molecule has 0 aliphatic heterocycles. The van der Waals surface area contributed by atoms with E-state index in [1.807, 2.05) is 0 Å². The lowest BCUT2D eigenvalue weighted by atomic mass is 10.1. The second kappa shape index (κ2) is 6.14. The van der Waals surface area contributed by atoms with Crippen LogP contribution in [0.3, 0.4) is 0 Å². The van der Waals surface area contributed by atoms with E-state index in [1.165, 1.54) is 6.07 Å². The Morgan fingerprint density at radius 3 is 2.63 bits per heavy atom. The number of hydrogen-bond donors (Lipinski definition) is 2. The zero-order chi connectivity index (χ0) is 14.6. The number of carboxylic acid groups (broad SMARTS) is 1. The first-order chi connectivity index (χ1) is 8.70. The molecule has 7 heteroatoms. The molecule has 2 N–H and O–H groups in total. The highest BCUT2D eigenvalue weighted by Crippen LogP contribution is 2.36. The summed E-state index contributed by atoms with van der Waals surface area (Å²) in [7, 11) is 0. The maximum absolute atomic E-state index is 12.6. The fourth-order valence-electron chi connectivity index (χ4n) is 1.53. The molecule has 0 spiro atoms. The first kappa shape index (κ1) is 15.6. The van der Waals surface area contributed by atoms with Gasteiger partial charge in [0.05, 0.1) is 10.6 Å². The van der Waals surface area contributed by atoms with Gasteiger partial charge in [0.2, 0.25) is 0 Å². The van der Waals surface area contributed by atoms with Crippen molar-refractivity contribution in [3.63, 3.8) is 0 Å². The third-order valence-electron chi connectivity index (χ3n) is 2.48. The van der Waals surface area contributed by atoms with E-state index >= 15 is 0 Å². The van der Waals surface area contributed by atoms with Crippen LogP contribution in [-0.4, -0.2) is 17.1 Å². The van der Waals surface area contributed by atoms with Crippen molar-refractivity contribution in [2.24, 2.45) is 0 Å². The number of aliphatic carboxylic acids is 1. The summed E-state index contributed by atoms with van der Waals surface area (Å²) in [4.78, 5) is 10.4. The molecule has 0 radical (unpaired) electrons. The third-order valence-corrected chi connectivity index (χ3v) is 2.81. The number of anilines is 1. The molecule has 1 rings (SSSR count). The second-order valence-electron chi connectivity index (χ2n) is 4.17. The number of rotatable bonds is 5. The zero-order valence-electron chi connectivity index (χ0n) is 10.1. The van der Waals surface area contributed by atoms with Crippen molar-refractivity contribution in [2.75, 3.05) is 5.32 Å². The molecule has 19 heavy (non-hydrogen) atoms. The smallest absolute Gasteiger partial charge is 0.417 e. The largest absolute Gasteiger partial charge is 0.481 e. The minimum atomic E-state index is -4.51. The van der Waals surface area contributed by atoms with E-state index in [0.29, 0.717) is 6.42 Å². The molecule has 0 aliphatic carbocycles. The van der Waals surface area contributed by atoms with Crippen LogP contribution in [0.1, 0.15) is 25.3 Å². The Labute approximate surface area is 113 Å². The highest BCUT2D eigenvalue weighted by molar-refractivity contribution is 6.31. The van der Waals surface area contributed by atoms with E-state index in [4.69, 9.17) is 16.7 Å². The quantitative estimate of drug-likeness (QED) is 0.862. The molecule has 0 aliphatic rings. The molecule has 0 heterocycles. The van der Waals surface area contributed by atoms with E-state index < -0.39 is 17.7 Å². The normalized spacial score (nSPS) is 13.1. The fourth-order valence-corrected chi connectivity index (χ4v) is 1.75. The van der Waals surface area contributed by atoms with Gasteiger partial charge in [-0.15, -0.1) is 0 Å². The molecule has 1 atom stereocenters. The van der Waals surface area contributed by atoms with Crippen LogP contribution in [0, 0.1) is 0 Å². The van der Waals surface area contributed by atoms with Gasteiger partial charge in [0.15, 0.2) is 0 Å². The first-order valence-electron chi connectivity index (χ1n) is 5.55. The molecule has 0 saturated carbocycles. The van der Waals surface area contributed by atoms with Crippen LogP contribution >= 0.6 is 11.6 Å². The monoisotopic (exact) mass is 295 g/mol. The van der Waals surface area contributed by atoms with Crippen LogP contribution in [-0.2, 0) is 11.0 Å². The van der Waals surface area contributed by atoms with E-state index in [9.17, 15) is 18.0 Å². The van der Waals surface area contributed by atoms with Gasteiger partial charge in [-0.1, -0.05) is 11.6 Å². The van der Waals surface area contributed by atoms with Crippen LogP contribution in [0.5, 0.6) is 0 Å². The highest BCUT2D eigenvalue weighted by atomic mass is 35.5. The molecule has 0 fully saturated rings. The molecule has 106 valence electrons. The summed E-state index contributed by atoms with van der Waals surface area (Å²) >= 11 is 5.49. The van der Waals surface area contributed by atoms with Crippen molar-refractivity contribution in [3.05, 3.63) is 28.8 Å². The summed E-state index contributed by atoms with van der Waals surface area (Å²) in [5, 5.41) is 11.0. The molecule has 1 unspecified atom stereocenters. The molecule has 0 amide bonds. The van der Waals surface area contributed by atoms with Gasteiger partial charge in [-0.25, -0.2) is 0 Å². The zero-order valence-corrected chi connectivity index (χ0v) is 10.8. The Bertz CT molecular complexity index is 463. The van der Waals surface area contributed by atoms with Gasteiger partial charge in [-0.3, -0.25) is 4.79 Å². The molecular weight excluding hydrogens is 283 g/mol. The lowest BCUT2D eigenvalue weighted by Crippen LogP contribution is -2.17. The Balaban J connectivity index is 2.77. The van der Waals surface area contributed by atoms with Crippen molar-refractivity contribution >= 4 is 23.3 Å². The second-order valence-corrected chi connectivity index (χ2v) is 4.58. The van der Waals surface area contributed by atoms with Crippen molar-refractivity contribution in [2.45, 2.75) is 32.0 Å². The van der Waals surface area contributed by atoms with E-state index in [1.54, 1.807) is 6.92 Å². The van der Waals surface area contributed by atoms with Gasteiger partial charge in [0.1, 0.15) is 0 Å². The van der Waals surface area contributed by atoms with Crippen molar-refractivity contribution < 1.29 is 23.1 Å². The maximum Gasteiger partial charge on any atom is 0.417 e. The van der Waals surface area contributed by atoms with Gasteiger partial charge in [-0.05, 0) is 31.5 Å². The van der Waals surface area contributed by atoms with Gasteiger partial charge < -0.3 is 10.4 Å². The molecule has 0 saturated heterocycles. The van der Waals surface area contributed by atoms with Crippen LogP contribution in [0.15, 0.2) is 18.2 Å². The molecule has 1 aromatic carbocycles. The summed E-state index contributed by atoms with van der Waals surface area (Å²) < 4.78 is 37.9. The lowest BCUT2D eigenvalue weighted by molar-refractivity contribution is -0.138. The Kier molecular flexibility index (Phi) is 5.05. The van der Waals surface area contributed by atoms with Crippen LogP contribution < -0.4 is 5.32 Å². The average molecular weight is 296 g/mol. The van der Waals surface area contributed by atoms with Gasteiger partial charge in [0, 0.05) is 18.2 Å². The summed E-state index contributed by atoms with van der Waals surface area (Å²) in [5.41, 5.74) is -0.654. The first-order valence-corrected chi connectivity index (χ1v) is 5.93. The molecule has 3 nitrogen and oxygen atoms in total. The van der Waals surface area contributed by atoms with Crippen molar-refractivity contribution in [1.29, 1.82) is 0 Å². The summed E-state index contributed by atoms with van der Waals surface area (Å²) in [6, 6.07) is 3.25. The Morgan fingerprint density at radius 2 is 2.11 bits per heavy atom. The van der Waals surface area contributed by atoms with Crippen LogP contribution in [0.4, 0.5) is 18.9 Å². The lowest BCUT2D eigenvalue weighted by Gasteiger charge is -2.16. The van der Waals surface area contributed by atoms with E-state index in [0.717, 1.165) is 12.1 Å². The number of carbonyl (C=O) groups is 1. The molecule has 0 aromatic heterocycles. The van der Waals surface area contributed by atoms with Crippen molar-refractivity contribution in [1.82, 2.24) is 0 Å². The SMILES string of the molecule is CC(CCC(=O)O)Nc1ccc(Cl)c(C(F)(F)F)c1. The van der Waals surface area contributed by atoms with E-state index in [2.05, 4.69) is 5.32 Å². The number of alkyl halides is 3. The predicted octanol–water partition coefficient (Wildman–Crippen LogP) is 4.02. The topological polar surface area (TPSA) is 49.3 Å². The predicted molar refractivity (Wildman–Crippen MR) is 66.4 cm³/mol. The molecular formula is C12H13ClF3NO2. The summed E-state index contributed by atoms with van der Waals surface area (Å²) in [5.74, 6) is -0.944. The minimum absolute atomic E-state index is 0.0477. The standard InChI is InChI=1S/C12H13ClF3NO2/c1-7(2-5-11(18)19)17-8-3-4-10(13)9(6-8)12(14,15)16/h3-4,6-7,17H,2,5H2,1H3,(H,18,19). The van der Waals surface area contributed by atoms with Gasteiger partial charge in [0.25, 0.3) is 0 Å². The Hall–Kier alpha value is -1.43. The number of carboxylic acids is 1. The van der Waals surface area contributed by atoms with Crippen LogP contribution in [0.2, 0.25) is 5.02 Å².